The number of hydrogen-bond donors (Lipinski definition) is 1. The average molecular weight is 390 g/mol. The molecule has 0 radical (unpaired) electrons. The van der Waals surface area contributed by atoms with Gasteiger partial charge in [-0.15, -0.1) is 0 Å². The topological polar surface area (TPSA) is 43.8 Å². The van der Waals surface area contributed by atoms with Crippen molar-refractivity contribution in [2.45, 2.75) is 33.1 Å². The molecule has 0 aliphatic heterocycles. The highest BCUT2D eigenvalue weighted by Crippen LogP contribution is 2.32. The van der Waals surface area contributed by atoms with E-state index >= 15 is 0 Å². The van der Waals surface area contributed by atoms with E-state index in [1.807, 2.05) is 25.1 Å². The van der Waals surface area contributed by atoms with Gasteiger partial charge in [-0.2, -0.15) is 5.10 Å². The maximum atomic E-state index is 6.17. The van der Waals surface area contributed by atoms with E-state index in [9.17, 15) is 0 Å². The van der Waals surface area contributed by atoms with Crippen molar-refractivity contribution in [1.82, 2.24) is 9.78 Å². The van der Waals surface area contributed by atoms with Crippen molar-refractivity contribution in [3.63, 3.8) is 0 Å². The normalized spacial score (nSPS) is 11.9. The van der Waals surface area contributed by atoms with Crippen LogP contribution in [0.1, 0.15) is 32.0 Å². The lowest BCUT2D eigenvalue weighted by Gasteiger charge is -2.15. The van der Waals surface area contributed by atoms with E-state index in [2.05, 4.69) is 48.5 Å². The number of hydrogen-bond acceptors (Lipinski definition) is 2. The van der Waals surface area contributed by atoms with Crippen LogP contribution in [0.5, 0.6) is 0 Å². The zero-order chi connectivity index (χ0) is 14.4. The molecule has 2 rings (SSSR count). The molecule has 0 aliphatic rings. The zero-order valence-corrected chi connectivity index (χ0v) is 14.4. The summed E-state index contributed by atoms with van der Waals surface area (Å²) in [6.45, 7) is 8.36. The van der Waals surface area contributed by atoms with Gasteiger partial charge in [0.15, 0.2) is 0 Å². The van der Waals surface area contributed by atoms with Crippen molar-refractivity contribution in [2.24, 2.45) is 0 Å². The van der Waals surface area contributed by atoms with Crippen molar-refractivity contribution in [2.75, 3.05) is 5.73 Å². The first kappa shape index (κ1) is 14.7. The number of aryl methyl sites for hydroxylation is 1. The summed E-state index contributed by atoms with van der Waals surface area (Å²) >= 11 is 8.42. The number of aromatic nitrogens is 2. The highest BCUT2D eigenvalue weighted by atomic mass is 127. The predicted molar refractivity (Wildman–Crippen MR) is 89.1 cm³/mol. The third-order valence-electron chi connectivity index (χ3n) is 2.97. The molecule has 0 unspecified atom stereocenters. The minimum absolute atomic E-state index is 0.0373. The van der Waals surface area contributed by atoms with Gasteiger partial charge in [0.05, 0.1) is 15.0 Å². The average Bonchev–Trinajstić information content (AvgIpc) is 2.60. The number of nitrogens with zero attached hydrogens (tertiary/aromatic N) is 2. The number of nitrogen functional groups attached to an aromatic ring is 1. The molecule has 2 N–H and O–H groups in total. The summed E-state index contributed by atoms with van der Waals surface area (Å²) < 4.78 is 2.76. The third-order valence-corrected chi connectivity index (χ3v) is 4.44. The van der Waals surface area contributed by atoms with Crippen LogP contribution in [-0.2, 0) is 5.41 Å². The lowest BCUT2D eigenvalue weighted by atomic mass is 9.92. The van der Waals surface area contributed by atoms with Crippen LogP contribution >= 0.6 is 34.2 Å². The van der Waals surface area contributed by atoms with Crippen LogP contribution in [0.4, 0.5) is 5.82 Å². The fourth-order valence-corrected chi connectivity index (χ4v) is 3.12. The van der Waals surface area contributed by atoms with E-state index in [4.69, 9.17) is 17.3 Å². The van der Waals surface area contributed by atoms with Gasteiger partial charge in [-0.3, -0.25) is 0 Å². The number of anilines is 1. The van der Waals surface area contributed by atoms with Crippen LogP contribution in [0, 0.1) is 10.5 Å². The minimum atomic E-state index is -0.0373. The Morgan fingerprint density at radius 1 is 1.32 bits per heavy atom. The van der Waals surface area contributed by atoms with Crippen LogP contribution < -0.4 is 5.73 Å². The minimum Gasteiger partial charge on any atom is -0.383 e. The molecule has 2 aromatic rings. The maximum absolute atomic E-state index is 6.17. The van der Waals surface area contributed by atoms with Gasteiger partial charge in [-0.1, -0.05) is 38.4 Å². The van der Waals surface area contributed by atoms with E-state index in [1.165, 1.54) is 0 Å². The van der Waals surface area contributed by atoms with Crippen molar-refractivity contribution in [1.29, 1.82) is 0 Å². The van der Waals surface area contributed by atoms with Gasteiger partial charge in [-0.05, 0) is 47.2 Å². The van der Waals surface area contributed by atoms with Gasteiger partial charge in [0, 0.05) is 10.4 Å². The van der Waals surface area contributed by atoms with E-state index < -0.39 is 0 Å². The van der Waals surface area contributed by atoms with Gasteiger partial charge in [0.2, 0.25) is 0 Å². The SMILES string of the molecule is Cc1ccc(-n2nc(C(C)(C)C)c(I)c2N)cc1Cl. The monoisotopic (exact) mass is 389 g/mol. The molecule has 0 saturated carbocycles. The second kappa shape index (κ2) is 4.98. The van der Waals surface area contributed by atoms with Crippen LogP contribution in [0.3, 0.4) is 0 Å². The Bertz CT molecular complexity index is 626. The largest absolute Gasteiger partial charge is 0.383 e. The van der Waals surface area contributed by atoms with Crippen LogP contribution in [-0.4, -0.2) is 9.78 Å². The summed E-state index contributed by atoms with van der Waals surface area (Å²) in [6.07, 6.45) is 0. The van der Waals surface area contributed by atoms with E-state index in [0.29, 0.717) is 5.82 Å². The number of nitrogens with two attached hydrogens (primary N) is 1. The molecule has 1 heterocycles. The first-order valence-corrected chi connectivity index (χ1v) is 7.48. The van der Waals surface area contributed by atoms with E-state index in [-0.39, 0.29) is 5.41 Å². The van der Waals surface area contributed by atoms with Gasteiger partial charge in [-0.25, -0.2) is 4.68 Å². The molecule has 0 fully saturated rings. The molecule has 0 spiro atoms. The number of benzene rings is 1. The van der Waals surface area contributed by atoms with E-state index in [0.717, 1.165) is 25.5 Å². The van der Waals surface area contributed by atoms with Crippen LogP contribution in [0.25, 0.3) is 5.69 Å². The zero-order valence-electron chi connectivity index (χ0n) is 11.5. The molecule has 0 bridgehead atoms. The summed E-state index contributed by atoms with van der Waals surface area (Å²) in [5.41, 5.74) is 9.07. The van der Waals surface area contributed by atoms with Crippen LogP contribution in [0.2, 0.25) is 5.02 Å². The molecule has 3 nitrogen and oxygen atoms in total. The van der Waals surface area contributed by atoms with Gasteiger partial charge in [0.1, 0.15) is 5.82 Å². The maximum Gasteiger partial charge on any atom is 0.141 e. The van der Waals surface area contributed by atoms with Crippen molar-refractivity contribution >= 4 is 40.0 Å². The quantitative estimate of drug-likeness (QED) is 0.738. The molecule has 5 heteroatoms. The summed E-state index contributed by atoms with van der Waals surface area (Å²) in [7, 11) is 0. The summed E-state index contributed by atoms with van der Waals surface area (Å²) in [5.74, 6) is 0.658. The highest BCUT2D eigenvalue weighted by molar-refractivity contribution is 14.1. The molecular weight excluding hydrogens is 373 g/mol. The Balaban J connectivity index is 2.60. The lowest BCUT2D eigenvalue weighted by molar-refractivity contribution is 0.557. The lowest BCUT2D eigenvalue weighted by Crippen LogP contribution is -2.14. The Morgan fingerprint density at radius 2 is 1.95 bits per heavy atom. The first-order chi connectivity index (χ1) is 8.71. The van der Waals surface area contributed by atoms with Gasteiger partial charge < -0.3 is 5.73 Å². The molecule has 19 heavy (non-hydrogen) atoms. The molecule has 0 aliphatic carbocycles. The summed E-state index contributed by atoms with van der Waals surface area (Å²) in [5, 5.41) is 5.37. The number of rotatable bonds is 1. The molecular formula is C14H17ClIN3. The summed E-state index contributed by atoms with van der Waals surface area (Å²) in [4.78, 5) is 0. The van der Waals surface area contributed by atoms with Gasteiger partial charge in [0.25, 0.3) is 0 Å². The van der Waals surface area contributed by atoms with E-state index in [1.54, 1.807) is 4.68 Å². The summed E-state index contributed by atoms with van der Waals surface area (Å²) in [6, 6.07) is 5.85. The van der Waals surface area contributed by atoms with Crippen molar-refractivity contribution in [3.8, 4) is 5.69 Å². The second-order valence-corrected chi connectivity index (χ2v) is 7.13. The molecule has 0 atom stereocenters. The van der Waals surface area contributed by atoms with Gasteiger partial charge >= 0.3 is 0 Å². The Labute approximate surface area is 132 Å². The molecule has 1 aromatic heterocycles. The first-order valence-electron chi connectivity index (χ1n) is 6.03. The fraction of sp³-hybridized carbons (Fsp3) is 0.357. The fourth-order valence-electron chi connectivity index (χ4n) is 1.80. The van der Waals surface area contributed by atoms with Crippen LogP contribution in [0.15, 0.2) is 18.2 Å². The standard InChI is InChI=1S/C14H17ClIN3/c1-8-5-6-9(7-10(8)15)19-13(17)11(16)12(18-19)14(2,3)4/h5-7H,17H2,1-4H3. The second-order valence-electron chi connectivity index (χ2n) is 5.64. The Morgan fingerprint density at radius 3 is 2.42 bits per heavy atom. The highest BCUT2D eigenvalue weighted by Gasteiger charge is 2.24. The smallest absolute Gasteiger partial charge is 0.141 e. The Hall–Kier alpha value is -0.750. The molecule has 102 valence electrons. The number of halogens is 2. The molecule has 0 amide bonds. The predicted octanol–water partition coefficient (Wildman–Crippen LogP) is 4.32. The van der Waals surface area contributed by atoms with Crippen molar-refractivity contribution in [3.05, 3.63) is 38.0 Å². The molecule has 1 aromatic carbocycles. The van der Waals surface area contributed by atoms with Crippen molar-refractivity contribution < 1.29 is 0 Å². The Kier molecular flexibility index (Phi) is 3.84. The third kappa shape index (κ3) is 2.74. The molecule has 0 saturated heterocycles.